The second-order valence-corrected chi connectivity index (χ2v) is 10.6. The van der Waals surface area contributed by atoms with Crippen LogP contribution in [0, 0.1) is 5.92 Å². The topological polar surface area (TPSA) is 87.7 Å². The highest BCUT2D eigenvalue weighted by atomic mass is 35.5. The number of piperidine rings is 1. The van der Waals surface area contributed by atoms with Crippen LogP contribution in [0.2, 0.25) is 5.02 Å². The molecule has 0 spiro atoms. The minimum atomic E-state index is -0.462. The summed E-state index contributed by atoms with van der Waals surface area (Å²) in [7, 11) is 0. The number of halogens is 1. The van der Waals surface area contributed by atoms with Crippen LogP contribution in [0.3, 0.4) is 0 Å². The van der Waals surface area contributed by atoms with Crippen molar-refractivity contribution in [3.8, 4) is 11.5 Å². The molecule has 0 aliphatic carbocycles. The lowest BCUT2D eigenvalue weighted by molar-refractivity contribution is 0.0180. The number of likely N-dealkylation sites (tertiary alicyclic amines) is 1. The second kappa shape index (κ2) is 10.8. The molecule has 0 atom stereocenters. The molecule has 3 aromatic rings. The molecule has 1 saturated heterocycles. The fourth-order valence-electron chi connectivity index (χ4n) is 4.42. The van der Waals surface area contributed by atoms with E-state index in [0.717, 1.165) is 56.3 Å². The maximum atomic E-state index is 12.2. The molecule has 1 fully saturated rings. The lowest BCUT2D eigenvalue weighted by Gasteiger charge is -2.33. The van der Waals surface area contributed by atoms with Crippen LogP contribution in [-0.4, -0.2) is 44.8 Å². The number of nitrogens with one attached hydrogen (secondary N) is 1. The zero-order valence-corrected chi connectivity index (χ0v) is 21.4. The van der Waals surface area contributed by atoms with Gasteiger partial charge in [0, 0.05) is 18.1 Å². The number of nitrogens with zero attached hydrogens (tertiary/aromatic N) is 2. The molecule has 7 nitrogen and oxygen atoms in total. The summed E-state index contributed by atoms with van der Waals surface area (Å²) in [6.45, 7) is 7.43. The number of rotatable bonds is 7. The molecule has 188 valence electrons. The quantitative estimate of drug-likeness (QED) is 0.389. The number of aromatic nitrogens is 2. The molecule has 1 aliphatic heterocycles. The van der Waals surface area contributed by atoms with Gasteiger partial charge in [-0.1, -0.05) is 17.7 Å². The van der Waals surface area contributed by atoms with E-state index in [2.05, 4.69) is 9.97 Å². The van der Waals surface area contributed by atoms with Gasteiger partial charge in [0.1, 0.15) is 35.0 Å². The number of phenols is 1. The van der Waals surface area contributed by atoms with Crippen molar-refractivity contribution in [1.82, 2.24) is 14.9 Å². The van der Waals surface area contributed by atoms with Crippen molar-refractivity contribution in [2.24, 2.45) is 5.92 Å². The Kier molecular flexibility index (Phi) is 7.75. The molecule has 1 aliphatic rings. The number of imidazole rings is 1. The van der Waals surface area contributed by atoms with Crippen LogP contribution < -0.4 is 4.74 Å². The average molecular weight is 500 g/mol. The smallest absolute Gasteiger partial charge is 0.410 e. The van der Waals surface area contributed by atoms with Crippen LogP contribution in [0.25, 0.3) is 11.0 Å². The molecule has 2 heterocycles. The minimum Gasteiger partial charge on any atom is -0.505 e. The molecule has 35 heavy (non-hydrogen) atoms. The number of aromatic hydroxyl groups is 1. The number of H-pyrrole nitrogens is 1. The third kappa shape index (κ3) is 6.82. The summed E-state index contributed by atoms with van der Waals surface area (Å²) in [6, 6.07) is 11.1. The molecular weight excluding hydrogens is 466 g/mol. The van der Waals surface area contributed by atoms with Crippen molar-refractivity contribution < 1.29 is 19.4 Å². The zero-order chi connectivity index (χ0) is 25.0. The van der Waals surface area contributed by atoms with Crippen molar-refractivity contribution in [1.29, 1.82) is 0 Å². The van der Waals surface area contributed by atoms with Crippen molar-refractivity contribution >= 4 is 28.7 Å². The predicted molar refractivity (Wildman–Crippen MR) is 137 cm³/mol. The van der Waals surface area contributed by atoms with Gasteiger partial charge in [0.05, 0.1) is 5.52 Å². The van der Waals surface area contributed by atoms with Crippen LogP contribution >= 0.6 is 11.6 Å². The highest BCUT2D eigenvalue weighted by Gasteiger charge is 2.26. The summed E-state index contributed by atoms with van der Waals surface area (Å²) in [5.41, 5.74) is 1.80. The fraction of sp³-hybridized carbons (Fsp3) is 0.481. The molecule has 8 heteroatoms. The van der Waals surface area contributed by atoms with E-state index >= 15 is 0 Å². The van der Waals surface area contributed by atoms with Crippen LogP contribution in [0.1, 0.15) is 57.8 Å². The number of hydrogen-bond acceptors (Lipinski definition) is 5. The summed E-state index contributed by atoms with van der Waals surface area (Å²) < 4.78 is 11.2. The predicted octanol–water partition coefficient (Wildman–Crippen LogP) is 6.47. The lowest BCUT2D eigenvalue weighted by atomic mass is 9.91. The first kappa shape index (κ1) is 25.2. The Morgan fingerprint density at radius 2 is 1.89 bits per heavy atom. The second-order valence-electron chi connectivity index (χ2n) is 10.2. The number of benzene rings is 2. The Hall–Kier alpha value is -2.93. The van der Waals surface area contributed by atoms with Gasteiger partial charge in [-0.05, 0) is 94.7 Å². The van der Waals surface area contributed by atoms with Crippen LogP contribution in [0.4, 0.5) is 4.79 Å². The summed E-state index contributed by atoms with van der Waals surface area (Å²) >= 11 is 5.91. The van der Waals surface area contributed by atoms with E-state index in [1.54, 1.807) is 12.1 Å². The molecule has 1 aromatic heterocycles. The molecule has 0 unspecified atom stereocenters. The van der Waals surface area contributed by atoms with Gasteiger partial charge in [-0.15, -0.1) is 0 Å². The highest BCUT2D eigenvalue weighted by Crippen LogP contribution is 2.30. The number of carbonyl (C=O) groups is 1. The lowest BCUT2D eigenvalue weighted by Crippen LogP contribution is -2.41. The van der Waals surface area contributed by atoms with Crippen LogP contribution in [-0.2, 0) is 17.8 Å². The number of hydrogen-bond donors (Lipinski definition) is 2. The van der Waals surface area contributed by atoms with Gasteiger partial charge >= 0.3 is 6.09 Å². The Morgan fingerprint density at radius 1 is 1.17 bits per heavy atom. The molecule has 4 rings (SSSR count). The van der Waals surface area contributed by atoms with E-state index in [-0.39, 0.29) is 18.4 Å². The first-order valence-electron chi connectivity index (χ1n) is 12.2. The molecule has 0 saturated carbocycles. The third-order valence-corrected chi connectivity index (χ3v) is 6.53. The molecule has 0 radical (unpaired) electrons. The molecule has 2 aromatic carbocycles. The van der Waals surface area contributed by atoms with Crippen LogP contribution in [0.15, 0.2) is 36.4 Å². The Morgan fingerprint density at radius 3 is 2.57 bits per heavy atom. The number of carbonyl (C=O) groups excluding carboxylic acids is 1. The third-order valence-electron chi connectivity index (χ3n) is 6.27. The standard InChI is InChI=1S/C27H34ClN3O4/c1-27(2,3)35-26(33)31-15-13-18(14-16-31)5-4-6-19-7-12-22-24(25(19)32)30-23(29-22)17-34-21-10-8-20(28)9-11-21/h7-12,18,32H,4-6,13-17H2,1-3H3,(H,29,30). The van der Waals surface area contributed by atoms with E-state index in [4.69, 9.17) is 21.1 Å². The Labute approximate surface area is 211 Å². The van der Waals surface area contributed by atoms with Crippen LogP contribution in [0.5, 0.6) is 11.5 Å². The van der Waals surface area contributed by atoms with E-state index in [1.807, 2.05) is 49.9 Å². The summed E-state index contributed by atoms with van der Waals surface area (Å²) in [6.07, 6.45) is 4.60. The summed E-state index contributed by atoms with van der Waals surface area (Å²) in [5.74, 6) is 2.17. The largest absolute Gasteiger partial charge is 0.505 e. The first-order chi connectivity index (χ1) is 16.7. The summed E-state index contributed by atoms with van der Waals surface area (Å²) in [5, 5.41) is 11.5. The van der Waals surface area contributed by atoms with Gasteiger partial charge in [0.2, 0.25) is 0 Å². The number of ether oxygens (including phenoxy) is 2. The van der Waals surface area contributed by atoms with E-state index in [9.17, 15) is 9.90 Å². The fourth-order valence-corrected chi connectivity index (χ4v) is 4.54. The van der Waals surface area contributed by atoms with Gasteiger partial charge < -0.3 is 24.5 Å². The SMILES string of the molecule is CC(C)(C)OC(=O)N1CCC(CCCc2ccc3[nH]c(COc4ccc(Cl)cc4)nc3c2O)CC1. The van der Waals surface area contributed by atoms with Crippen molar-refractivity contribution in [3.63, 3.8) is 0 Å². The van der Waals surface area contributed by atoms with E-state index in [1.165, 1.54) is 0 Å². The van der Waals surface area contributed by atoms with Gasteiger partial charge in [0.15, 0.2) is 0 Å². The van der Waals surface area contributed by atoms with Gasteiger partial charge in [-0.25, -0.2) is 9.78 Å². The molecule has 0 bridgehead atoms. The summed E-state index contributed by atoms with van der Waals surface area (Å²) in [4.78, 5) is 21.8. The average Bonchev–Trinajstić information content (AvgIpc) is 3.24. The van der Waals surface area contributed by atoms with Crippen molar-refractivity contribution in [3.05, 3.63) is 52.8 Å². The monoisotopic (exact) mass is 499 g/mol. The number of amides is 1. The number of aromatic amines is 1. The number of fused-ring (bicyclic) bond motifs is 1. The zero-order valence-electron chi connectivity index (χ0n) is 20.6. The molecular formula is C27H34ClN3O4. The van der Waals surface area contributed by atoms with Gasteiger partial charge in [0.25, 0.3) is 0 Å². The first-order valence-corrected chi connectivity index (χ1v) is 12.6. The maximum absolute atomic E-state index is 12.2. The normalized spacial score (nSPS) is 14.9. The number of aryl methyl sites for hydroxylation is 1. The van der Waals surface area contributed by atoms with E-state index < -0.39 is 5.60 Å². The Balaban J connectivity index is 1.26. The van der Waals surface area contributed by atoms with E-state index in [0.29, 0.717) is 28.0 Å². The van der Waals surface area contributed by atoms with Gasteiger partial charge in [-0.2, -0.15) is 0 Å². The molecule has 2 N–H and O–H groups in total. The minimum absolute atomic E-state index is 0.217. The Bertz CT molecular complexity index is 1150. The van der Waals surface area contributed by atoms with Crippen molar-refractivity contribution in [2.75, 3.05) is 13.1 Å². The number of phenolic OH excluding ortho intramolecular Hbond substituents is 1. The molecule has 1 amide bonds. The maximum Gasteiger partial charge on any atom is 0.410 e. The highest BCUT2D eigenvalue weighted by molar-refractivity contribution is 6.30. The van der Waals surface area contributed by atoms with Crippen molar-refractivity contribution in [2.45, 2.75) is 65.1 Å². The van der Waals surface area contributed by atoms with Gasteiger partial charge in [-0.3, -0.25) is 0 Å².